The van der Waals surface area contributed by atoms with E-state index in [4.69, 9.17) is 4.74 Å². The zero-order chi connectivity index (χ0) is 14.5. The van der Waals surface area contributed by atoms with E-state index >= 15 is 0 Å². The minimum Gasteiger partial charge on any atom is -0.504 e. The SMILES string of the molecule is C=C1N=NC(=O)N/C1=N/N=C/c1cccc(OC)c1O. The van der Waals surface area contributed by atoms with E-state index < -0.39 is 6.03 Å². The van der Waals surface area contributed by atoms with Crippen molar-refractivity contribution < 1.29 is 14.6 Å². The summed E-state index contributed by atoms with van der Waals surface area (Å²) in [4.78, 5) is 11.0. The van der Waals surface area contributed by atoms with Crippen molar-refractivity contribution in [3.8, 4) is 11.5 Å². The van der Waals surface area contributed by atoms with Gasteiger partial charge in [-0.2, -0.15) is 5.10 Å². The molecule has 1 aliphatic rings. The standard InChI is InChI=1S/C12H11N5O3/c1-7-11(14-12(19)17-15-7)16-13-6-8-4-3-5-9(20-2)10(8)18/h3-6,18H,1H2,2H3,(H,14,16,19)/b13-6+. The molecule has 0 saturated heterocycles. The van der Waals surface area contributed by atoms with Gasteiger partial charge in [-0.25, -0.2) is 4.79 Å². The lowest BCUT2D eigenvalue weighted by atomic mass is 10.2. The molecule has 8 heteroatoms. The number of hydrogen-bond acceptors (Lipinski definition) is 6. The lowest BCUT2D eigenvalue weighted by Gasteiger charge is -2.07. The molecule has 0 atom stereocenters. The number of phenols is 1. The maximum atomic E-state index is 11.0. The smallest absolute Gasteiger partial charge is 0.365 e. The molecular weight excluding hydrogens is 262 g/mol. The molecule has 2 amide bonds. The van der Waals surface area contributed by atoms with Crippen molar-refractivity contribution >= 4 is 18.1 Å². The van der Waals surface area contributed by atoms with Crippen molar-refractivity contribution in [3.05, 3.63) is 36.0 Å². The number of nitrogens with one attached hydrogen (secondary N) is 1. The number of para-hydroxylation sites is 1. The van der Waals surface area contributed by atoms with E-state index in [1.54, 1.807) is 18.2 Å². The third-order valence-corrected chi connectivity index (χ3v) is 2.36. The third kappa shape index (κ3) is 2.86. The molecule has 0 unspecified atom stereocenters. The molecule has 102 valence electrons. The lowest BCUT2D eigenvalue weighted by molar-refractivity contribution is 0.251. The number of azo groups is 1. The highest BCUT2D eigenvalue weighted by molar-refractivity contribution is 6.08. The predicted octanol–water partition coefficient (Wildman–Crippen LogP) is 1.82. The van der Waals surface area contributed by atoms with Crippen molar-refractivity contribution in [2.24, 2.45) is 20.4 Å². The number of urea groups is 1. The molecule has 0 fully saturated rings. The van der Waals surface area contributed by atoms with Crippen LogP contribution >= 0.6 is 0 Å². The maximum Gasteiger partial charge on any atom is 0.365 e. The Bertz CT molecular complexity index is 648. The molecule has 0 aliphatic carbocycles. The van der Waals surface area contributed by atoms with E-state index in [0.717, 1.165) is 0 Å². The van der Waals surface area contributed by atoms with Crippen LogP contribution in [0.3, 0.4) is 0 Å². The molecule has 0 spiro atoms. The number of methoxy groups -OCH3 is 1. The van der Waals surface area contributed by atoms with E-state index in [2.05, 4.69) is 32.3 Å². The van der Waals surface area contributed by atoms with Crippen molar-refractivity contribution in [3.63, 3.8) is 0 Å². The van der Waals surface area contributed by atoms with Crippen LogP contribution in [0.15, 0.2) is 50.9 Å². The molecule has 8 nitrogen and oxygen atoms in total. The van der Waals surface area contributed by atoms with Crippen LogP contribution in [0.2, 0.25) is 0 Å². The van der Waals surface area contributed by atoms with Crippen LogP contribution in [0.5, 0.6) is 11.5 Å². The molecule has 0 radical (unpaired) electrons. The first-order chi connectivity index (χ1) is 9.61. The average Bonchev–Trinajstić information content (AvgIpc) is 2.44. The Kier molecular flexibility index (Phi) is 3.85. The Morgan fingerprint density at radius 2 is 2.25 bits per heavy atom. The summed E-state index contributed by atoms with van der Waals surface area (Å²) < 4.78 is 4.97. The van der Waals surface area contributed by atoms with Crippen molar-refractivity contribution in [1.29, 1.82) is 0 Å². The first-order valence-corrected chi connectivity index (χ1v) is 5.51. The summed E-state index contributed by atoms with van der Waals surface area (Å²) in [5, 5.41) is 26.4. The topological polar surface area (TPSA) is 108 Å². The normalized spacial score (nSPS) is 16.8. The summed E-state index contributed by atoms with van der Waals surface area (Å²) in [6, 6.07) is 4.30. The summed E-state index contributed by atoms with van der Waals surface area (Å²) in [7, 11) is 1.45. The van der Waals surface area contributed by atoms with Crippen LogP contribution in [0.4, 0.5) is 4.79 Å². The van der Waals surface area contributed by atoms with Crippen LogP contribution in [0, 0.1) is 0 Å². The summed E-state index contributed by atoms with van der Waals surface area (Å²) in [5.41, 5.74) is 0.611. The number of amidine groups is 1. The summed E-state index contributed by atoms with van der Waals surface area (Å²) in [6.07, 6.45) is 1.32. The van der Waals surface area contributed by atoms with Crippen LogP contribution in [0.25, 0.3) is 0 Å². The van der Waals surface area contributed by atoms with E-state index in [-0.39, 0.29) is 17.3 Å². The van der Waals surface area contributed by atoms with E-state index in [9.17, 15) is 9.90 Å². The fourth-order valence-electron chi connectivity index (χ4n) is 1.39. The molecule has 1 heterocycles. The second-order valence-electron chi connectivity index (χ2n) is 3.67. The van der Waals surface area contributed by atoms with E-state index in [1.165, 1.54) is 13.3 Å². The van der Waals surface area contributed by atoms with Crippen molar-refractivity contribution in [1.82, 2.24) is 5.32 Å². The van der Waals surface area contributed by atoms with Gasteiger partial charge in [0.25, 0.3) is 0 Å². The fraction of sp³-hybridized carbons (Fsp3) is 0.0833. The molecular formula is C12H11N5O3. The van der Waals surface area contributed by atoms with Crippen LogP contribution in [-0.4, -0.2) is 30.3 Å². The number of carbonyl (C=O) groups excluding carboxylic acids is 1. The number of phenolic OH excluding ortho intramolecular Hbond substituents is 1. The molecule has 1 aromatic carbocycles. The van der Waals surface area contributed by atoms with Gasteiger partial charge in [-0.15, -0.1) is 10.2 Å². The van der Waals surface area contributed by atoms with Crippen molar-refractivity contribution in [2.45, 2.75) is 0 Å². The van der Waals surface area contributed by atoms with Gasteiger partial charge in [0.1, 0.15) is 5.70 Å². The first-order valence-electron chi connectivity index (χ1n) is 5.51. The number of benzene rings is 1. The summed E-state index contributed by atoms with van der Waals surface area (Å²) in [6.45, 7) is 3.55. The number of amides is 2. The lowest BCUT2D eigenvalue weighted by Crippen LogP contribution is -2.31. The Morgan fingerprint density at radius 1 is 1.45 bits per heavy atom. The van der Waals surface area contributed by atoms with Gasteiger partial charge in [0, 0.05) is 5.56 Å². The average molecular weight is 273 g/mol. The molecule has 0 saturated carbocycles. The number of nitrogens with zero attached hydrogens (tertiary/aromatic N) is 4. The number of hydrogen-bond donors (Lipinski definition) is 2. The van der Waals surface area contributed by atoms with Gasteiger partial charge in [-0.3, -0.25) is 5.32 Å². The van der Waals surface area contributed by atoms with Gasteiger partial charge in [0.15, 0.2) is 17.3 Å². The first kappa shape index (κ1) is 13.4. The molecule has 0 aromatic heterocycles. The van der Waals surface area contributed by atoms with E-state index in [1.807, 2.05) is 0 Å². The zero-order valence-electron chi connectivity index (χ0n) is 10.6. The van der Waals surface area contributed by atoms with Crippen molar-refractivity contribution in [2.75, 3.05) is 7.11 Å². The molecule has 0 bridgehead atoms. The highest BCUT2D eigenvalue weighted by Crippen LogP contribution is 2.27. The highest BCUT2D eigenvalue weighted by atomic mass is 16.5. The second-order valence-corrected chi connectivity index (χ2v) is 3.67. The largest absolute Gasteiger partial charge is 0.504 e. The monoisotopic (exact) mass is 273 g/mol. The Morgan fingerprint density at radius 3 is 3.00 bits per heavy atom. The number of rotatable bonds is 3. The van der Waals surface area contributed by atoms with Crippen LogP contribution in [-0.2, 0) is 0 Å². The molecule has 2 N–H and O–H groups in total. The summed E-state index contributed by atoms with van der Waals surface area (Å²) >= 11 is 0. The molecule has 2 rings (SSSR count). The quantitative estimate of drug-likeness (QED) is 0.647. The van der Waals surface area contributed by atoms with Crippen LogP contribution in [0.1, 0.15) is 5.56 Å². The van der Waals surface area contributed by atoms with Gasteiger partial charge in [0.2, 0.25) is 0 Å². The third-order valence-electron chi connectivity index (χ3n) is 2.36. The minimum absolute atomic E-state index is 0.0508. The Labute approximate surface area is 114 Å². The second kappa shape index (κ2) is 5.74. The molecule has 1 aliphatic heterocycles. The van der Waals surface area contributed by atoms with Gasteiger partial charge >= 0.3 is 6.03 Å². The predicted molar refractivity (Wildman–Crippen MR) is 72.2 cm³/mol. The Balaban J connectivity index is 2.20. The molecule has 20 heavy (non-hydrogen) atoms. The van der Waals surface area contributed by atoms with Crippen LogP contribution < -0.4 is 10.1 Å². The van der Waals surface area contributed by atoms with Gasteiger partial charge < -0.3 is 9.84 Å². The number of ether oxygens (including phenoxy) is 1. The van der Waals surface area contributed by atoms with E-state index in [0.29, 0.717) is 11.3 Å². The Hall–Kier alpha value is -3.03. The number of carbonyl (C=O) groups is 1. The van der Waals surface area contributed by atoms with Gasteiger partial charge in [-0.05, 0) is 12.1 Å². The minimum atomic E-state index is -0.643. The maximum absolute atomic E-state index is 11.0. The summed E-state index contributed by atoms with van der Waals surface area (Å²) in [5.74, 6) is 0.375. The van der Waals surface area contributed by atoms with Gasteiger partial charge in [-0.1, -0.05) is 17.8 Å². The molecule has 1 aromatic rings. The van der Waals surface area contributed by atoms with Gasteiger partial charge in [0.05, 0.1) is 13.3 Å². The highest BCUT2D eigenvalue weighted by Gasteiger charge is 2.14. The fourth-order valence-corrected chi connectivity index (χ4v) is 1.39. The zero-order valence-corrected chi connectivity index (χ0v) is 10.6. The number of aromatic hydroxyl groups is 1.